The number of hydrogen-bond acceptors (Lipinski definition) is 6. The van der Waals surface area contributed by atoms with Gasteiger partial charge in [0.15, 0.2) is 0 Å². The maximum atomic E-state index is 13.2. The fourth-order valence-electron chi connectivity index (χ4n) is 7.27. The Bertz CT molecular complexity index is 828. The van der Waals surface area contributed by atoms with Crippen LogP contribution in [-0.2, 0) is 14.3 Å². The molecule has 6 nitrogen and oxygen atoms in total. The molecule has 3 N–H and O–H groups in total. The molecule has 0 aromatic rings. The zero-order chi connectivity index (χ0) is 22.1. The van der Waals surface area contributed by atoms with Gasteiger partial charge in [0.05, 0.1) is 13.0 Å². The molecule has 0 spiro atoms. The van der Waals surface area contributed by atoms with E-state index in [-0.39, 0.29) is 28.7 Å². The number of ether oxygens (including phenoxy) is 1. The Balaban J connectivity index is 1.78. The third-order valence-electron chi connectivity index (χ3n) is 8.88. The topological polar surface area (TPSA) is 104 Å². The standard InChI is InChI=1S/C24H34O6/c1-14-6-7-17-21(2,3)8-5-9-22(17,4)16(14)11-24-18(26)10-15(13-25)23(29,20(24)28)12-19(27)30-24/h10,16-17,20,25,28-29H,1,5-9,11-13H2,2-4H3. The van der Waals surface area contributed by atoms with Crippen LogP contribution >= 0.6 is 0 Å². The van der Waals surface area contributed by atoms with Crippen molar-refractivity contribution in [1.29, 1.82) is 0 Å². The van der Waals surface area contributed by atoms with E-state index in [2.05, 4.69) is 27.4 Å². The Morgan fingerprint density at radius 1 is 1.23 bits per heavy atom. The molecule has 2 bridgehead atoms. The second-order valence-electron chi connectivity index (χ2n) is 10.9. The summed E-state index contributed by atoms with van der Waals surface area (Å²) in [6.45, 7) is 10.6. The first-order chi connectivity index (χ1) is 13.9. The van der Waals surface area contributed by atoms with Crippen LogP contribution in [0.25, 0.3) is 0 Å². The highest BCUT2D eigenvalue weighted by atomic mass is 16.6. The van der Waals surface area contributed by atoms with Crippen LogP contribution in [0.4, 0.5) is 0 Å². The summed E-state index contributed by atoms with van der Waals surface area (Å²) in [5.74, 6) is -0.982. The number of carbonyl (C=O) groups is 2. The van der Waals surface area contributed by atoms with Crippen LogP contribution in [-0.4, -0.2) is 51.0 Å². The summed E-state index contributed by atoms with van der Waals surface area (Å²) in [7, 11) is 0. The second-order valence-corrected chi connectivity index (χ2v) is 10.9. The largest absolute Gasteiger partial charge is 0.448 e. The molecule has 30 heavy (non-hydrogen) atoms. The smallest absolute Gasteiger partial charge is 0.310 e. The van der Waals surface area contributed by atoms with E-state index >= 15 is 0 Å². The minimum absolute atomic E-state index is 0.0300. The zero-order valence-corrected chi connectivity index (χ0v) is 18.2. The van der Waals surface area contributed by atoms with Crippen molar-refractivity contribution < 1.29 is 29.6 Å². The Morgan fingerprint density at radius 3 is 2.60 bits per heavy atom. The normalized spacial score (nSPS) is 45.5. The van der Waals surface area contributed by atoms with Gasteiger partial charge in [-0.3, -0.25) is 9.59 Å². The van der Waals surface area contributed by atoms with Crippen LogP contribution < -0.4 is 0 Å². The Hall–Kier alpha value is -1.50. The summed E-state index contributed by atoms with van der Waals surface area (Å²) >= 11 is 0. The lowest BCUT2D eigenvalue weighted by Gasteiger charge is -2.60. The Morgan fingerprint density at radius 2 is 1.93 bits per heavy atom. The highest BCUT2D eigenvalue weighted by Crippen LogP contribution is 2.63. The monoisotopic (exact) mass is 418 g/mol. The predicted octanol–water partition coefficient (Wildman–Crippen LogP) is 2.45. The molecule has 6 atom stereocenters. The highest BCUT2D eigenvalue weighted by Gasteiger charge is 2.67. The van der Waals surface area contributed by atoms with Crippen LogP contribution in [0.15, 0.2) is 23.8 Å². The number of fused-ring (bicyclic) bond motifs is 3. The van der Waals surface area contributed by atoms with E-state index < -0.39 is 42.1 Å². The van der Waals surface area contributed by atoms with Crippen molar-refractivity contribution in [1.82, 2.24) is 0 Å². The molecule has 4 aliphatic rings. The van der Waals surface area contributed by atoms with Crippen LogP contribution in [0.2, 0.25) is 0 Å². The van der Waals surface area contributed by atoms with Gasteiger partial charge in [-0.2, -0.15) is 0 Å². The predicted molar refractivity (Wildman–Crippen MR) is 110 cm³/mol. The average Bonchev–Trinajstić information content (AvgIpc) is 2.64. The van der Waals surface area contributed by atoms with Gasteiger partial charge in [-0.25, -0.2) is 0 Å². The lowest BCUT2D eigenvalue weighted by Crippen LogP contribution is -2.71. The van der Waals surface area contributed by atoms with E-state index in [0.29, 0.717) is 5.92 Å². The van der Waals surface area contributed by atoms with Gasteiger partial charge in [0.1, 0.15) is 11.7 Å². The first-order valence-corrected chi connectivity index (χ1v) is 11.1. The van der Waals surface area contributed by atoms with Crippen molar-refractivity contribution in [2.24, 2.45) is 22.7 Å². The molecule has 3 fully saturated rings. The molecule has 0 amide bonds. The van der Waals surface area contributed by atoms with Crippen molar-refractivity contribution in [3.05, 3.63) is 23.8 Å². The summed E-state index contributed by atoms with van der Waals surface area (Å²) in [4.78, 5) is 25.7. The van der Waals surface area contributed by atoms with Crippen molar-refractivity contribution in [2.45, 2.75) is 83.0 Å². The fraction of sp³-hybridized carbons (Fsp3) is 0.750. The third kappa shape index (κ3) is 2.80. The number of aliphatic hydroxyl groups excluding tert-OH is 2. The molecule has 6 unspecified atom stereocenters. The van der Waals surface area contributed by atoms with E-state index in [9.17, 15) is 24.9 Å². The molecule has 1 saturated heterocycles. The van der Waals surface area contributed by atoms with Gasteiger partial charge in [0.2, 0.25) is 11.4 Å². The zero-order valence-electron chi connectivity index (χ0n) is 18.2. The van der Waals surface area contributed by atoms with Crippen molar-refractivity contribution in [3.63, 3.8) is 0 Å². The molecule has 1 heterocycles. The highest BCUT2D eigenvalue weighted by molar-refractivity contribution is 6.03. The van der Waals surface area contributed by atoms with Crippen LogP contribution in [0, 0.1) is 22.7 Å². The minimum Gasteiger partial charge on any atom is -0.448 e. The molecule has 0 radical (unpaired) electrons. The van der Waals surface area contributed by atoms with Gasteiger partial charge in [-0.1, -0.05) is 39.3 Å². The fourth-order valence-corrected chi connectivity index (χ4v) is 7.27. The summed E-state index contributed by atoms with van der Waals surface area (Å²) < 4.78 is 5.59. The summed E-state index contributed by atoms with van der Waals surface area (Å²) in [6.07, 6.45) is 4.27. The number of allylic oxidation sites excluding steroid dienone is 1. The molecule has 0 aromatic carbocycles. The van der Waals surface area contributed by atoms with Gasteiger partial charge in [-0.15, -0.1) is 0 Å². The quantitative estimate of drug-likeness (QED) is 0.480. The lowest BCUT2D eigenvalue weighted by molar-refractivity contribution is -0.231. The molecule has 1 aliphatic heterocycles. The third-order valence-corrected chi connectivity index (χ3v) is 8.88. The molecule has 0 aromatic heterocycles. The molecule has 6 heteroatoms. The van der Waals surface area contributed by atoms with Gasteiger partial charge >= 0.3 is 5.97 Å². The Labute approximate surface area is 178 Å². The van der Waals surface area contributed by atoms with E-state index in [1.54, 1.807) is 0 Å². The molecule has 3 aliphatic carbocycles. The first kappa shape index (κ1) is 21.7. The van der Waals surface area contributed by atoms with E-state index in [1.807, 2.05) is 0 Å². The van der Waals surface area contributed by atoms with Gasteiger partial charge < -0.3 is 20.1 Å². The van der Waals surface area contributed by atoms with Gasteiger partial charge in [0.25, 0.3) is 0 Å². The van der Waals surface area contributed by atoms with Gasteiger partial charge in [0, 0.05) is 6.42 Å². The molecular weight excluding hydrogens is 384 g/mol. The maximum absolute atomic E-state index is 13.2. The number of rotatable bonds is 3. The average molecular weight is 419 g/mol. The van der Waals surface area contributed by atoms with Crippen LogP contribution in [0.5, 0.6) is 0 Å². The second kappa shape index (κ2) is 6.75. The van der Waals surface area contributed by atoms with Crippen molar-refractivity contribution >= 4 is 11.8 Å². The maximum Gasteiger partial charge on any atom is 0.310 e. The van der Waals surface area contributed by atoms with Crippen LogP contribution in [0.3, 0.4) is 0 Å². The summed E-state index contributed by atoms with van der Waals surface area (Å²) in [5.41, 5.74) is -2.81. The number of carbonyl (C=O) groups excluding carboxylic acids is 2. The number of aliphatic hydroxyl groups is 3. The number of esters is 1. The number of ketones is 1. The van der Waals surface area contributed by atoms with E-state index in [1.165, 1.54) is 0 Å². The molecule has 166 valence electrons. The molecule has 4 rings (SSSR count). The SMILES string of the molecule is C=C1CCC2C(C)(C)CCCC2(C)C1CC12OC(=O)CC(O)(C(CO)=CC1=O)C2O. The van der Waals surface area contributed by atoms with Crippen LogP contribution in [0.1, 0.15) is 65.7 Å². The summed E-state index contributed by atoms with van der Waals surface area (Å²) in [6, 6.07) is 0. The van der Waals surface area contributed by atoms with Crippen molar-refractivity contribution in [3.8, 4) is 0 Å². The van der Waals surface area contributed by atoms with E-state index in [0.717, 1.165) is 43.8 Å². The van der Waals surface area contributed by atoms with Gasteiger partial charge in [-0.05, 0) is 60.0 Å². The minimum atomic E-state index is -1.99. The number of hydrogen-bond donors (Lipinski definition) is 3. The summed E-state index contributed by atoms with van der Waals surface area (Å²) in [5, 5.41) is 31.9. The molecular formula is C24H34O6. The Kier molecular flexibility index (Phi) is 4.89. The van der Waals surface area contributed by atoms with Crippen molar-refractivity contribution in [2.75, 3.05) is 6.61 Å². The molecule has 2 saturated carbocycles. The first-order valence-electron chi connectivity index (χ1n) is 11.1. The van der Waals surface area contributed by atoms with E-state index in [4.69, 9.17) is 4.74 Å². The lowest BCUT2D eigenvalue weighted by atomic mass is 9.46.